The zero-order valence-corrected chi connectivity index (χ0v) is 12.9. The monoisotopic (exact) mass is 328 g/mol. The Morgan fingerprint density at radius 2 is 1.83 bits per heavy atom. The summed E-state index contributed by atoms with van der Waals surface area (Å²) in [6.45, 7) is 1.86. The lowest BCUT2D eigenvalue weighted by Gasteiger charge is -2.01. The number of ketones is 1. The standard InChI is InChI=1S/C17H14F2N4O/c1-2-11-3-5-12(6-4-11)17-20-22-23(21-17)10-16(24)13-7-8-14(18)15(19)9-13/h3-9H,2,10H2,1H3. The third kappa shape index (κ3) is 3.34. The lowest BCUT2D eigenvalue weighted by Crippen LogP contribution is -2.13. The van der Waals surface area contributed by atoms with Crippen molar-refractivity contribution in [2.24, 2.45) is 0 Å². The van der Waals surface area contributed by atoms with Crippen LogP contribution in [0.4, 0.5) is 8.78 Å². The van der Waals surface area contributed by atoms with Crippen molar-refractivity contribution in [3.63, 3.8) is 0 Å². The Morgan fingerprint density at radius 1 is 1.08 bits per heavy atom. The quantitative estimate of drug-likeness (QED) is 0.675. The molecule has 0 atom stereocenters. The molecular weight excluding hydrogens is 314 g/mol. The van der Waals surface area contributed by atoms with Crippen LogP contribution in [-0.2, 0) is 13.0 Å². The molecule has 0 bridgehead atoms. The van der Waals surface area contributed by atoms with E-state index in [-0.39, 0.29) is 12.1 Å². The highest BCUT2D eigenvalue weighted by Crippen LogP contribution is 2.15. The number of carbonyl (C=O) groups excluding carboxylic acids is 1. The molecule has 0 aliphatic rings. The minimum absolute atomic E-state index is 0.0556. The number of Topliss-reactive ketones (excluding diaryl/α,β-unsaturated/α-hetero) is 1. The fourth-order valence-electron chi connectivity index (χ4n) is 2.20. The summed E-state index contributed by atoms with van der Waals surface area (Å²) in [6, 6.07) is 10.7. The van der Waals surface area contributed by atoms with Crippen molar-refractivity contribution >= 4 is 5.78 Å². The highest BCUT2D eigenvalue weighted by molar-refractivity contribution is 5.95. The molecule has 2 aromatic carbocycles. The zero-order chi connectivity index (χ0) is 17.1. The van der Waals surface area contributed by atoms with Crippen LogP contribution in [0.25, 0.3) is 11.4 Å². The Hall–Kier alpha value is -2.96. The first-order chi connectivity index (χ1) is 11.6. The van der Waals surface area contributed by atoms with Crippen molar-refractivity contribution in [2.45, 2.75) is 19.9 Å². The van der Waals surface area contributed by atoms with E-state index in [0.29, 0.717) is 5.82 Å². The first kappa shape index (κ1) is 15.9. The van der Waals surface area contributed by atoms with Crippen molar-refractivity contribution in [3.05, 3.63) is 65.2 Å². The minimum Gasteiger partial charge on any atom is -0.292 e. The molecule has 0 aliphatic heterocycles. The molecule has 1 aromatic heterocycles. The maximum absolute atomic E-state index is 13.2. The van der Waals surface area contributed by atoms with Gasteiger partial charge < -0.3 is 0 Å². The number of hydrogen-bond acceptors (Lipinski definition) is 4. The summed E-state index contributed by atoms with van der Waals surface area (Å²) in [5, 5.41) is 11.9. The average molecular weight is 328 g/mol. The van der Waals surface area contributed by atoms with Crippen LogP contribution in [0.5, 0.6) is 0 Å². The van der Waals surface area contributed by atoms with Gasteiger partial charge in [-0.2, -0.15) is 4.80 Å². The van der Waals surface area contributed by atoms with E-state index in [0.717, 1.165) is 28.9 Å². The van der Waals surface area contributed by atoms with Gasteiger partial charge in [0.05, 0.1) is 0 Å². The summed E-state index contributed by atoms with van der Waals surface area (Å²) >= 11 is 0. The number of benzene rings is 2. The van der Waals surface area contributed by atoms with Gasteiger partial charge in [-0.05, 0) is 35.4 Å². The smallest absolute Gasteiger partial charge is 0.204 e. The van der Waals surface area contributed by atoms with Crippen LogP contribution in [-0.4, -0.2) is 26.0 Å². The Balaban J connectivity index is 1.75. The molecule has 7 heteroatoms. The molecule has 0 saturated heterocycles. The number of aromatic nitrogens is 4. The SMILES string of the molecule is CCc1ccc(-c2nnn(CC(=O)c3ccc(F)c(F)c3)n2)cc1. The third-order valence-electron chi connectivity index (χ3n) is 3.60. The zero-order valence-electron chi connectivity index (χ0n) is 12.9. The lowest BCUT2D eigenvalue weighted by atomic mass is 10.1. The fraction of sp³-hybridized carbons (Fsp3) is 0.176. The Bertz CT molecular complexity index is 875. The van der Waals surface area contributed by atoms with Crippen molar-refractivity contribution in [1.82, 2.24) is 20.2 Å². The van der Waals surface area contributed by atoms with Crippen molar-refractivity contribution in [3.8, 4) is 11.4 Å². The molecule has 5 nitrogen and oxygen atoms in total. The molecule has 1 heterocycles. The summed E-state index contributed by atoms with van der Waals surface area (Å²) in [5.41, 5.74) is 2.04. The second kappa shape index (κ2) is 6.66. The van der Waals surface area contributed by atoms with Crippen LogP contribution in [0, 0.1) is 11.6 Å². The second-order valence-corrected chi connectivity index (χ2v) is 5.25. The maximum Gasteiger partial charge on any atom is 0.204 e. The number of aryl methyl sites for hydroxylation is 1. The summed E-state index contributed by atoms with van der Waals surface area (Å²) in [7, 11) is 0. The number of halogens is 2. The van der Waals surface area contributed by atoms with Crippen LogP contribution in [0.15, 0.2) is 42.5 Å². The topological polar surface area (TPSA) is 60.7 Å². The molecule has 0 spiro atoms. The highest BCUT2D eigenvalue weighted by atomic mass is 19.2. The molecule has 24 heavy (non-hydrogen) atoms. The molecule has 0 amide bonds. The Kier molecular flexibility index (Phi) is 4.41. The van der Waals surface area contributed by atoms with E-state index in [9.17, 15) is 13.6 Å². The Morgan fingerprint density at radius 3 is 2.50 bits per heavy atom. The van der Waals surface area contributed by atoms with E-state index in [1.54, 1.807) is 0 Å². The molecule has 0 fully saturated rings. The number of rotatable bonds is 5. The van der Waals surface area contributed by atoms with Gasteiger partial charge in [0.2, 0.25) is 5.82 Å². The van der Waals surface area contributed by atoms with Crippen molar-refractivity contribution < 1.29 is 13.6 Å². The van der Waals surface area contributed by atoms with E-state index < -0.39 is 17.4 Å². The van der Waals surface area contributed by atoms with Crippen LogP contribution >= 0.6 is 0 Å². The van der Waals surface area contributed by atoms with Crippen LogP contribution < -0.4 is 0 Å². The van der Waals surface area contributed by atoms with E-state index in [2.05, 4.69) is 22.3 Å². The molecule has 0 N–H and O–H groups in total. The number of hydrogen-bond donors (Lipinski definition) is 0. The number of nitrogens with zero attached hydrogens (tertiary/aromatic N) is 4. The molecule has 0 aliphatic carbocycles. The van der Waals surface area contributed by atoms with E-state index in [1.165, 1.54) is 11.6 Å². The van der Waals surface area contributed by atoms with Gasteiger partial charge in [0.1, 0.15) is 6.54 Å². The molecule has 0 unspecified atom stereocenters. The van der Waals surface area contributed by atoms with Crippen LogP contribution in [0.2, 0.25) is 0 Å². The van der Waals surface area contributed by atoms with E-state index in [1.807, 2.05) is 24.3 Å². The number of carbonyl (C=O) groups is 1. The molecule has 122 valence electrons. The normalized spacial score (nSPS) is 10.8. The Labute approximate surface area is 136 Å². The van der Waals surface area contributed by atoms with Gasteiger partial charge in [0, 0.05) is 11.1 Å². The highest BCUT2D eigenvalue weighted by Gasteiger charge is 2.13. The van der Waals surface area contributed by atoms with Gasteiger partial charge in [0.25, 0.3) is 0 Å². The fourth-order valence-corrected chi connectivity index (χ4v) is 2.20. The van der Waals surface area contributed by atoms with Gasteiger partial charge in [-0.15, -0.1) is 10.2 Å². The summed E-state index contributed by atoms with van der Waals surface area (Å²) < 4.78 is 26.1. The van der Waals surface area contributed by atoms with E-state index in [4.69, 9.17) is 0 Å². The third-order valence-corrected chi connectivity index (χ3v) is 3.60. The lowest BCUT2D eigenvalue weighted by molar-refractivity contribution is 0.0961. The van der Waals surface area contributed by atoms with Gasteiger partial charge in [0.15, 0.2) is 17.4 Å². The van der Waals surface area contributed by atoms with Crippen LogP contribution in [0.3, 0.4) is 0 Å². The van der Waals surface area contributed by atoms with Gasteiger partial charge in [-0.1, -0.05) is 31.2 Å². The van der Waals surface area contributed by atoms with Crippen molar-refractivity contribution in [1.29, 1.82) is 0 Å². The largest absolute Gasteiger partial charge is 0.292 e. The molecule has 0 saturated carbocycles. The van der Waals surface area contributed by atoms with E-state index >= 15 is 0 Å². The minimum atomic E-state index is -1.07. The van der Waals surface area contributed by atoms with Gasteiger partial charge >= 0.3 is 0 Å². The van der Waals surface area contributed by atoms with Gasteiger partial charge in [-0.25, -0.2) is 8.78 Å². The second-order valence-electron chi connectivity index (χ2n) is 5.25. The predicted octanol–water partition coefficient (Wildman–Crippen LogP) is 3.06. The maximum atomic E-state index is 13.2. The molecular formula is C17H14F2N4O. The number of tetrazole rings is 1. The summed E-state index contributed by atoms with van der Waals surface area (Å²) in [4.78, 5) is 13.2. The average Bonchev–Trinajstić information content (AvgIpc) is 3.06. The van der Waals surface area contributed by atoms with Crippen LogP contribution in [0.1, 0.15) is 22.8 Å². The first-order valence-corrected chi connectivity index (χ1v) is 7.42. The summed E-state index contributed by atoms with van der Waals surface area (Å²) in [5.74, 6) is -2.10. The van der Waals surface area contributed by atoms with Crippen molar-refractivity contribution in [2.75, 3.05) is 0 Å². The predicted molar refractivity (Wildman–Crippen MR) is 83.3 cm³/mol. The summed E-state index contributed by atoms with van der Waals surface area (Å²) in [6.07, 6.45) is 0.934. The van der Waals surface area contributed by atoms with Gasteiger partial charge in [-0.3, -0.25) is 4.79 Å². The molecule has 3 rings (SSSR count). The molecule has 3 aromatic rings. The first-order valence-electron chi connectivity index (χ1n) is 7.42. The molecule has 0 radical (unpaired) electrons.